The summed E-state index contributed by atoms with van der Waals surface area (Å²) < 4.78 is 0.970. The maximum absolute atomic E-state index is 11.5. The standard InChI is InChI=1S/C11H14BrN3O2/c12-8-3-1-7(2-4-8)6-15-11(17)9(13)5-10(14)16/h1-4,9H,5-6,13H2,(H2,14,16)(H,15,17). The molecule has 0 radical (unpaired) electrons. The van der Waals surface area contributed by atoms with Gasteiger partial charge in [0, 0.05) is 11.0 Å². The second-order valence-electron chi connectivity index (χ2n) is 3.62. The number of benzene rings is 1. The smallest absolute Gasteiger partial charge is 0.237 e. The number of primary amides is 1. The van der Waals surface area contributed by atoms with E-state index in [4.69, 9.17) is 11.5 Å². The van der Waals surface area contributed by atoms with Crippen molar-refractivity contribution >= 4 is 27.7 Å². The van der Waals surface area contributed by atoms with Crippen molar-refractivity contribution in [2.45, 2.75) is 19.0 Å². The number of nitrogens with one attached hydrogen (secondary N) is 1. The van der Waals surface area contributed by atoms with Gasteiger partial charge in [-0.1, -0.05) is 28.1 Å². The molecule has 0 fully saturated rings. The molecule has 0 bridgehead atoms. The molecule has 0 aliphatic heterocycles. The van der Waals surface area contributed by atoms with Gasteiger partial charge >= 0.3 is 0 Å². The van der Waals surface area contributed by atoms with Crippen molar-refractivity contribution in [2.24, 2.45) is 11.5 Å². The van der Waals surface area contributed by atoms with E-state index in [0.29, 0.717) is 6.54 Å². The first kappa shape index (κ1) is 13.7. The summed E-state index contributed by atoms with van der Waals surface area (Å²) in [6.07, 6.45) is -0.147. The number of carbonyl (C=O) groups excluding carboxylic acids is 2. The molecule has 1 atom stereocenters. The van der Waals surface area contributed by atoms with E-state index in [1.807, 2.05) is 24.3 Å². The number of halogens is 1. The highest BCUT2D eigenvalue weighted by molar-refractivity contribution is 9.10. The normalized spacial score (nSPS) is 11.9. The van der Waals surface area contributed by atoms with E-state index >= 15 is 0 Å². The summed E-state index contributed by atoms with van der Waals surface area (Å²) in [6, 6.07) is 6.63. The topological polar surface area (TPSA) is 98.2 Å². The van der Waals surface area contributed by atoms with E-state index in [2.05, 4.69) is 21.2 Å². The van der Waals surface area contributed by atoms with Crippen LogP contribution in [-0.4, -0.2) is 17.9 Å². The molecule has 0 aliphatic rings. The molecule has 0 aromatic heterocycles. The zero-order chi connectivity index (χ0) is 12.8. The minimum atomic E-state index is -0.886. The molecule has 1 aromatic carbocycles. The zero-order valence-corrected chi connectivity index (χ0v) is 10.7. The van der Waals surface area contributed by atoms with Crippen LogP contribution in [0.2, 0.25) is 0 Å². The first-order valence-electron chi connectivity index (χ1n) is 5.05. The molecule has 5 N–H and O–H groups in total. The van der Waals surface area contributed by atoms with Crippen LogP contribution in [-0.2, 0) is 16.1 Å². The summed E-state index contributed by atoms with van der Waals surface area (Å²) in [5, 5.41) is 2.64. The average Bonchev–Trinajstić information content (AvgIpc) is 2.27. The van der Waals surface area contributed by atoms with Crippen molar-refractivity contribution in [3.63, 3.8) is 0 Å². The Morgan fingerprint density at radius 1 is 1.29 bits per heavy atom. The highest BCUT2D eigenvalue weighted by Crippen LogP contribution is 2.10. The van der Waals surface area contributed by atoms with Crippen LogP contribution in [0.1, 0.15) is 12.0 Å². The summed E-state index contributed by atoms with van der Waals surface area (Å²) >= 11 is 3.32. The Bertz CT molecular complexity index is 406. The third kappa shape index (κ3) is 4.97. The molecule has 92 valence electrons. The Morgan fingerprint density at radius 3 is 2.41 bits per heavy atom. The molecular formula is C11H14BrN3O2. The van der Waals surface area contributed by atoms with Gasteiger partial charge < -0.3 is 16.8 Å². The first-order valence-corrected chi connectivity index (χ1v) is 5.84. The van der Waals surface area contributed by atoms with Gasteiger partial charge in [-0.05, 0) is 17.7 Å². The lowest BCUT2D eigenvalue weighted by Gasteiger charge is -2.10. The van der Waals surface area contributed by atoms with Gasteiger partial charge in [0.2, 0.25) is 11.8 Å². The van der Waals surface area contributed by atoms with Gasteiger partial charge in [0.1, 0.15) is 0 Å². The Balaban J connectivity index is 2.42. The van der Waals surface area contributed by atoms with Crippen molar-refractivity contribution < 1.29 is 9.59 Å². The van der Waals surface area contributed by atoms with Gasteiger partial charge in [0.25, 0.3) is 0 Å². The lowest BCUT2D eigenvalue weighted by atomic mass is 10.2. The molecule has 1 unspecified atom stereocenters. The van der Waals surface area contributed by atoms with E-state index < -0.39 is 11.9 Å². The minimum absolute atomic E-state index is 0.147. The van der Waals surface area contributed by atoms with Crippen LogP contribution in [0.15, 0.2) is 28.7 Å². The van der Waals surface area contributed by atoms with Crippen LogP contribution < -0.4 is 16.8 Å². The van der Waals surface area contributed by atoms with Gasteiger partial charge in [0.05, 0.1) is 12.5 Å². The summed E-state index contributed by atoms with van der Waals surface area (Å²) in [6.45, 7) is 0.374. The van der Waals surface area contributed by atoms with E-state index in [0.717, 1.165) is 10.0 Å². The quantitative estimate of drug-likeness (QED) is 0.728. The number of rotatable bonds is 5. The van der Waals surface area contributed by atoms with Gasteiger partial charge in [-0.3, -0.25) is 9.59 Å². The van der Waals surface area contributed by atoms with E-state index in [1.165, 1.54) is 0 Å². The first-order chi connectivity index (χ1) is 7.99. The second kappa shape index (κ2) is 6.36. The molecule has 1 aromatic rings. The molecule has 0 spiro atoms. The lowest BCUT2D eigenvalue weighted by molar-refractivity contribution is -0.126. The molecule has 6 heteroatoms. The SMILES string of the molecule is NC(=O)CC(N)C(=O)NCc1ccc(Br)cc1. The predicted molar refractivity (Wildman–Crippen MR) is 67.8 cm³/mol. The van der Waals surface area contributed by atoms with Crippen LogP contribution in [0.4, 0.5) is 0 Å². The third-order valence-corrected chi connectivity index (χ3v) is 2.67. The third-order valence-electron chi connectivity index (χ3n) is 2.14. The molecular weight excluding hydrogens is 286 g/mol. The summed E-state index contributed by atoms with van der Waals surface area (Å²) in [5.41, 5.74) is 11.4. The molecule has 5 nitrogen and oxygen atoms in total. The maximum atomic E-state index is 11.5. The Hall–Kier alpha value is -1.40. The van der Waals surface area contributed by atoms with Crippen LogP contribution in [0.3, 0.4) is 0 Å². The number of hydrogen-bond acceptors (Lipinski definition) is 3. The average molecular weight is 300 g/mol. The summed E-state index contributed by atoms with van der Waals surface area (Å²) in [7, 11) is 0. The molecule has 0 saturated carbocycles. The Labute approximate surface area is 108 Å². The van der Waals surface area contributed by atoms with Crippen LogP contribution >= 0.6 is 15.9 Å². The fraction of sp³-hybridized carbons (Fsp3) is 0.273. The molecule has 0 heterocycles. The van der Waals surface area contributed by atoms with Crippen LogP contribution in [0.5, 0.6) is 0 Å². The van der Waals surface area contributed by atoms with Crippen molar-refractivity contribution in [3.05, 3.63) is 34.3 Å². The number of amides is 2. The Kier molecular flexibility index (Phi) is 5.11. The maximum Gasteiger partial charge on any atom is 0.237 e. The zero-order valence-electron chi connectivity index (χ0n) is 9.15. The van der Waals surface area contributed by atoms with Gasteiger partial charge in [-0.25, -0.2) is 0 Å². The largest absolute Gasteiger partial charge is 0.370 e. The molecule has 17 heavy (non-hydrogen) atoms. The van der Waals surface area contributed by atoms with E-state index in [9.17, 15) is 9.59 Å². The highest BCUT2D eigenvalue weighted by atomic mass is 79.9. The number of hydrogen-bond donors (Lipinski definition) is 3. The minimum Gasteiger partial charge on any atom is -0.370 e. The van der Waals surface area contributed by atoms with E-state index in [-0.39, 0.29) is 12.3 Å². The highest BCUT2D eigenvalue weighted by Gasteiger charge is 2.15. The van der Waals surface area contributed by atoms with Crippen molar-refractivity contribution in [3.8, 4) is 0 Å². The fourth-order valence-corrected chi connectivity index (χ4v) is 1.50. The van der Waals surface area contributed by atoms with Gasteiger partial charge in [-0.15, -0.1) is 0 Å². The van der Waals surface area contributed by atoms with Crippen molar-refractivity contribution in [1.82, 2.24) is 5.32 Å². The van der Waals surface area contributed by atoms with Gasteiger partial charge in [0.15, 0.2) is 0 Å². The van der Waals surface area contributed by atoms with E-state index in [1.54, 1.807) is 0 Å². The van der Waals surface area contributed by atoms with Crippen LogP contribution in [0.25, 0.3) is 0 Å². The molecule has 1 rings (SSSR count). The summed E-state index contributed by atoms with van der Waals surface area (Å²) in [4.78, 5) is 22.0. The van der Waals surface area contributed by atoms with Crippen LogP contribution in [0, 0.1) is 0 Å². The Morgan fingerprint density at radius 2 is 1.88 bits per heavy atom. The van der Waals surface area contributed by atoms with Crippen molar-refractivity contribution in [2.75, 3.05) is 0 Å². The second-order valence-corrected chi connectivity index (χ2v) is 4.54. The number of nitrogens with two attached hydrogens (primary N) is 2. The van der Waals surface area contributed by atoms with Gasteiger partial charge in [-0.2, -0.15) is 0 Å². The summed E-state index contributed by atoms with van der Waals surface area (Å²) in [5.74, 6) is -0.969. The predicted octanol–water partition coefficient (Wildman–Crippen LogP) is 0.268. The molecule has 0 saturated heterocycles. The monoisotopic (exact) mass is 299 g/mol. The number of carbonyl (C=O) groups is 2. The lowest BCUT2D eigenvalue weighted by Crippen LogP contribution is -2.42. The van der Waals surface area contributed by atoms with Crippen molar-refractivity contribution in [1.29, 1.82) is 0 Å². The molecule has 2 amide bonds. The molecule has 0 aliphatic carbocycles. The fourth-order valence-electron chi connectivity index (χ4n) is 1.23.